The van der Waals surface area contributed by atoms with Crippen molar-refractivity contribution < 1.29 is 4.79 Å². The number of aromatic nitrogens is 2. The molecule has 0 unspecified atom stereocenters. The molecule has 0 amide bonds. The van der Waals surface area contributed by atoms with Crippen molar-refractivity contribution in [2.45, 2.75) is 6.42 Å². The molecule has 0 bridgehead atoms. The highest BCUT2D eigenvalue weighted by Gasteiger charge is 2.18. The summed E-state index contributed by atoms with van der Waals surface area (Å²) in [7, 11) is 0. The normalized spacial score (nSPS) is 14.6. The summed E-state index contributed by atoms with van der Waals surface area (Å²) in [5.74, 6) is 0.809. The summed E-state index contributed by atoms with van der Waals surface area (Å²) >= 11 is 0. The van der Waals surface area contributed by atoms with Crippen molar-refractivity contribution in [1.29, 1.82) is 0 Å². The van der Waals surface area contributed by atoms with Gasteiger partial charge >= 0.3 is 0 Å². The van der Waals surface area contributed by atoms with Crippen molar-refractivity contribution in [2.24, 2.45) is 0 Å². The smallest absolute Gasteiger partial charge is 0.215 e. The average Bonchev–Trinajstić information content (AvgIpc) is 3.08. The third kappa shape index (κ3) is 4.72. The second-order valence-corrected chi connectivity index (χ2v) is 7.25. The Bertz CT molecular complexity index is 1040. The van der Waals surface area contributed by atoms with Gasteiger partial charge in [0.15, 0.2) is 0 Å². The molecule has 0 atom stereocenters. The Morgan fingerprint density at radius 1 is 1.00 bits per heavy atom. The van der Waals surface area contributed by atoms with Gasteiger partial charge in [0.1, 0.15) is 17.3 Å². The summed E-state index contributed by atoms with van der Waals surface area (Å²) in [5.41, 5.74) is 8.66. The van der Waals surface area contributed by atoms with Gasteiger partial charge < -0.3 is 16.0 Å². The molecule has 4 rings (SSSR count). The first kappa shape index (κ1) is 19.8. The third-order valence-corrected chi connectivity index (χ3v) is 5.08. The number of carbonyl (C=O) groups is 1. The van der Waals surface area contributed by atoms with Gasteiger partial charge in [0.05, 0.1) is 5.56 Å². The molecule has 3 N–H and O–H groups in total. The maximum Gasteiger partial charge on any atom is 0.215 e. The van der Waals surface area contributed by atoms with E-state index in [2.05, 4.69) is 20.2 Å². The molecule has 3 aromatic rings. The van der Waals surface area contributed by atoms with Crippen LogP contribution in [0.3, 0.4) is 0 Å². The number of benzene rings is 1. The molecule has 0 radical (unpaired) electrons. The summed E-state index contributed by atoms with van der Waals surface area (Å²) < 4.78 is 0. The quantitative estimate of drug-likeness (QED) is 0.641. The van der Waals surface area contributed by atoms with E-state index >= 15 is 0 Å². The van der Waals surface area contributed by atoms with Crippen molar-refractivity contribution in [1.82, 2.24) is 15.3 Å². The lowest BCUT2D eigenvalue weighted by Crippen LogP contribution is -2.29. The van der Waals surface area contributed by atoms with E-state index in [0.717, 1.165) is 49.5 Å². The van der Waals surface area contributed by atoms with Crippen LogP contribution in [0.1, 0.15) is 33.6 Å². The molecule has 1 aliphatic heterocycles. The van der Waals surface area contributed by atoms with Gasteiger partial charge in [-0.1, -0.05) is 48.6 Å². The first-order valence-electron chi connectivity index (χ1n) is 10.2. The molecule has 152 valence electrons. The van der Waals surface area contributed by atoms with Gasteiger partial charge in [-0.25, -0.2) is 9.97 Å². The van der Waals surface area contributed by atoms with E-state index in [1.54, 1.807) is 18.3 Å². The standard InChI is InChI=1S/C24H25N5O/c25-24-20(16-19(17-27-24)11-10-18-6-2-1-3-7-18)23(30)21-8-4-9-22(28-21)29-14-5-12-26-13-15-29/h1-4,6-11,16-17,26H,5,12-15H2,(H2,25,27)/b11-10+. The van der Waals surface area contributed by atoms with Gasteiger partial charge in [0.2, 0.25) is 5.78 Å². The fourth-order valence-electron chi connectivity index (χ4n) is 3.46. The number of nitrogen functional groups attached to an aromatic ring is 1. The fraction of sp³-hybridized carbons (Fsp3) is 0.208. The van der Waals surface area contributed by atoms with Gasteiger partial charge in [0.25, 0.3) is 0 Å². The number of nitrogens with zero attached hydrogens (tertiary/aromatic N) is 3. The zero-order chi connectivity index (χ0) is 20.8. The molecule has 1 saturated heterocycles. The number of pyridine rings is 2. The summed E-state index contributed by atoms with van der Waals surface area (Å²) in [4.78, 5) is 24.2. The van der Waals surface area contributed by atoms with Crippen LogP contribution in [0.25, 0.3) is 12.2 Å². The number of hydrogen-bond acceptors (Lipinski definition) is 6. The monoisotopic (exact) mass is 399 g/mol. The van der Waals surface area contributed by atoms with E-state index in [1.807, 2.05) is 54.6 Å². The highest BCUT2D eigenvalue weighted by molar-refractivity contribution is 6.10. The Labute approximate surface area is 176 Å². The molecule has 0 saturated carbocycles. The molecular formula is C24H25N5O. The second-order valence-electron chi connectivity index (χ2n) is 7.25. The third-order valence-electron chi connectivity index (χ3n) is 5.08. The van der Waals surface area contributed by atoms with Gasteiger partial charge in [-0.05, 0) is 42.3 Å². The van der Waals surface area contributed by atoms with Crippen LogP contribution in [0.4, 0.5) is 11.6 Å². The fourth-order valence-corrected chi connectivity index (χ4v) is 3.46. The highest BCUT2D eigenvalue weighted by Crippen LogP contribution is 2.19. The molecule has 1 aromatic carbocycles. The topological polar surface area (TPSA) is 84.1 Å². The molecule has 1 fully saturated rings. The predicted octanol–water partition coefficient (Wildman–Crippen LogP) is 3.26. The molecule has 0 aliphatic carbocycles. The van der Waals surface area contributed by atoms with Crippen LogP contribution in [-0.2, 0) is 0 Å². The Balaban J connectivity index is 1.58. The largest absolute Gasteiger partial charge is 0.383 e. The van der Waals surface area contributed by atoms with Crippen molar-refractivity contribution in [3.8, 4) is 0 Å². The summed E-state index contributed by atoms with van der Waals surface area (Å²) in [6.45, 7) is 3.70. The van der Waals surface area contributed by atoms with E-state index in [0.29, 0.717) is 11.3 Å². The number of carbonyl (C=O) groups excluding carboxylic acids is 1. The Hall–Kier alpha value is -3.51. The molecule has 0 spiro atoms. The molecular weight excluding hydrogens is 374 g/mol. The van der Waals surface area contributed by atoms with Crippen LogP contribution in [0.15, 0.2) is 60.8 Å². The number of rotatable bonds is 5. The maximum absolute atomic E-state index is 13.2. The van der Waals surface area contributed by atoms with E-state index in [9.17, 15) is 4.79 Å². The lowest BCUT2D eigenvalue weighted by atomic mass is 10.1. The van der Waals surface area contributed by atoms with E-state index in [4.69, 9.17) is 5.73 Å². The second kappa shape index (κ2) is 9.33. The van der Waals surface area contributed by atoms with Crippen molar-refractivity contribution in [3.63, 3.8) is 0 Å². The number of hydrogen-bond donors (Lipinski definition) is 2. The Morgan fingerprint density at radius 3 is 2.70 bits per heavy atom. The van der Waals surface area contributed by atoms with Crippen LogP contribution < -0.4 is 16.0 Å². The Kier molecular flexibility index (Phi) is 6.15. The summed E-state index contributed by atoms with van der Waals surface area (Å²) in [6.07, 6.45) is 6.62. The highest BCUT2D eigenvalue weighted by atomic mass is 16.1. The molecule has 6 nitrogen and oxygen atoms in total. The van der Waals surface area contributed by atoms with Crippen LogP contribution >= 0.6 is 0 Å². The van der Waals surface area contributed by atoms with Crippen LogP contribution in [0.2, 0.25) is 0 Å². The van der Waals surface area contributed by atoms with Crippen molar-refractivity contribution in [2.75, 3.05) is 36.8 Å². The first-order chi connectivity index (χ1) is 14.7. The molecule has 2 aromatic heterocycles. The van der Waals surface area contributed by atoms with Gasteiger partial charge in [-0.3, -0.25) is 4.79 Å². The van der Waals surface area contributed by atoms with E-state index in [1.165, 1.54) is 0 Å². The number of nitrogens with two attached hydrogens (primary N) is 1. The van der Waals surface area contributed by atoms with Crippen LogP contribution in [-0.4, -0.2) is 41.9 Å². The molecule has 1 aliphatic rings. The van der Waals surface area contributed by atoms with Crippen LogP contribution in [0.5, 0.6) is 0 Å². The number of ketones is 1. The summed E-state index contributed by atoms with van der Waals surface area (Å²) in [6, 6.07) is 17.3. The number of anilines is 2. The average molecular weight is 399 g/mol. The SMILES string of the molecule is Nc1ncc(/C=C/c2ccccc2)cc1C(=O)c1cccc(N2CCCNCC2)n1. The van der Waals surface area contributed by atoms with E-state index in [-0.39, 0.29) is 11.6 Å². The van der Waals surface area contributed by atoms with Gasteiger partial charge in [-0.15, -0.1) is 0 Å². The summed E-state index contributed by atoms with van der Waals surface area (Å²) in [5, 5.41) is 3.38. The molecule has 3 heterocycles. The van der Waals surface area contributed by atoms with Gasteiger partial charge in [-0.2, -0.15) is 0 Å². The minimum absolute atomic E-state index is 0.211. The zero-order valence-electron chi connectivity index (χ0n) is 16.8. The Morgan fingerprint density at radius 2 is 1.83 bits per heavy atom. The van der Waals surface area contributed by atoms with Crippen molar-refractivity contribution in [3.05, 3.63) is 83.2 Å². The lowest BCUT2D eigenvalue weighted by Gasteiger charge is -2.21. The van der Waals surface area contributed by atoms with Crippen LogP contribution in [0, 0.1) is 0 Å². The molecule has 30 heavy (non-hydrogen) atoms. The predicted molar refractivity (Wildman–Crippen MR) is 121 cm³/mol. The van der Waals surface area contributed by atoms with E-state index < -0.39 is 0 Å². The molecule has 6 heteroatoms. The minimum Gasteiger partial charge on any atom is -0.383 e. The lowest BCUT2D eigenvalue weighted by molar-refractivity contribution is 0.103. The minimum atomic E-state index is -0.218. The maximum atomic E-state index is 13.2. The van der Waals surface area contributed by atoms with Crippen molar-refractivity contribution >= 4 is 29.6 Å². The zero-order valence-corrected chi connectivity index (χ0v) is 16.8. The first-order valence-corrected chi connectivity index (χ1v) is 10.2. The van der Waals surface area contributed by atoms with Gasteiger partial charge in [0, 0.05) is 25.8 Å². The number of nitrogens with one attached hydrogen (secondary N) is 1.